The van der Waals surface area contributed by atoms with E-state index < -0.39 is 0 Å². The smallest absolute Gasteiger partial charge is 0.252 e. The van der Waals surface area contributed by atoms with Crippen molar-refractivity contribution in [2.45, 2.75) is 13.3 Å². The van der Waals surface area contributed by atoms with E-state index in [4.69, 9.17) is 11.6 Å². The highest BCUT2D eigenvalue weighted by molar-refractivity contribution is 7.09. The van der Waals surface area contributed by atoms with Crippen molar-refractivity contribution in [1.29, 1.82) is 0 Å². The molecule has 0 saturated carbocycles. The highest BCUT2D eigenvalue weighted by Crippen LogP contribution is 2.14. The van der Waals surface area contributed by atoms with Crippen molar-refractivity contribution in [3.8, 4) is 0 Å². The minimum absolute atomic E-state index is 0.186. The zero-order valence-electron chi connectivity index (χ0n) is 14.3. The van der Waals surface area contributed by atoms with Crippen LogP contribution in [0.1, 0.15) is 21.1 Å². The van der Waals surface area contributed by atoms with Crippen LogP contribution in [0.2, 0.25) is 5.02 Å². The summed E-state index contributed by atoms with van der Waals surface area (Å²) in [7, 11) is 1.71. The van der Waals surface area contributed by atoms with Crippen molar-refractivity contribution in [3.63, 3.8) is 0 Å². The largest absolute Gasteiger partial charge is 0.356 e. The quantitative estimate of drug-likeness (QED) is 0.391. The first-order valence-electron chi connectivity index (χ1n) is 7.98. The van der Waals surface area contributed by atoms with Gasteiger partial charge in [-0.3, -0.25) is 9.79 Å². The molecule has 1 heterocycles. The molecule has 2 aromatic rings. The van der Waals surface area contributed by atoms with Crippen LogP contribution in [0, 0.1) is 6.92 Å². The predicted octanol–water partition coefficient (Wildman–Crippen LogP) is 2.24. The Kier molecular flexibility index (Phi) is 7.69. The van der Waals surface area contributed by atoms with Crippen LogP contribution in [0.3, 0.4) is 0 Å². The lowest BCUT2D eigenvalue weighted by Crippen LogP contribution is -2.42. The molecular weight excluding hydrogens is 358 g/mol. The number of nitrogens with one attached hydrogen (secondary N) is 3. The molecule has 0 bridgehead atoms. The van der Waals surface area contributed by atoms with Gasteiger partial charge in [-0.15, -0.1) is 11.3 Å². The molecule has 2 rings (SSSR count). The summed E-state index contributed by atoms with van der Waals surface area (Å²) in [5.74, 6) is 0.508. The van der Waals surface area contributed by atoms with Crippen molar-refractivity contribution >= 4 is 34.8 Å². The van der Waals surface area contributed by atoms with E-state index in [0.29, 0.717) is 29.6 Å². The third-order valence-corrected chi connectivity index (χ3v) is 4.54. The molecule has 6 nitrogen and oxygen atoms in total. The number of guanidine groups is 1. The average Bonchev–Trinajstić information content (AvgIpc) is 3.02. The van der Waals surface area contributed by atoms with Gasteiger partial charge in [0.15, 0.2) is 5.96 Å². The van der Waals surface area contributed by atoms with Gasteiger partial charge in [0.1, 0.15) is 0 Å². The summed E-state index contributed by atoms with van der Waals surface area (Å²) in [5.41, 5.74) is 1.56. The summed E-state index contributed by atoms with van der Waals surface area (Å²) in [5, 5.41) is 12.8. The van der Waals surface area contributed by atoms with Crippen LogP contribution in [0.25, 0.3) is 0 Å². The van der Waals surface area contributed by atoms with Gasteiger partial charge in [-0.1, -0.05) is 23.7 Å². The van der Waals surface area contributed by atoms with Gasteiger partial charge in [0, 0.05) is 38.5 Å². The van der Waals surface area contributed by atoms with Crippen LogP contribution in [0.15, 0.2) is 34.6 Å². The van der Waals surface area contributed by atoms with E-state index >= 15 is 0 Å². The van der Waals surface area contributed by atoms with Crippen molar-refractivity contribution in [2.24, 2.45) is 4.99 Å². The van der Waals surface area contributed by atoms with Gasteiger partial charge in [0.05, 0.1) is 21.3 Å². The number of aryl methyl sites for hydroxylation is 1. The molecule has 3 N–H and O–H groups in total. The third kappa shape index (κ3) is 6.36. The van der Waals surface area contributed by atoms with Gasteiger partial charge in [-0.2, -0.15) is 0 Å². The zero-order valence-corrected chi connectivity index (χ0v) is 15.9. The maximum atomic E-state index is 12.0. The first-order valence-corrected chi connectivity index (χ1v) is 9.24. The number of halogens is 1. The van der Waals surface area contributed by atoms with E-state index in [1.165, 1.54) is 0 Å². The number of hydrogen-bond acceptors (Lipinski definition) is 4. The van der Waals surface area contributed by atoms with Gasteiger partial charge in [0.25, 0.3) is 5.91 Å². The van der Waals surface area contributed by atoms with Crippen molar-refractivity contribution < 1.29 is 4.79 Å². The van der Waals surface area contributed by atoms with Crippen LogP contribution in [0.5, 0.6) is 0 Å². The van der Waals surface area contributed by atoms with Gasteiger partial charge < -0.3 is 16.0 Å². The second-order valence-corrected chi connectivity index (χ2v) is 6.74. The molecule has 0 aliphatic carbocycles. The highest BCUT2D eigenvalue weighted by atomic mass is 35.5. The predicted molar refractivity (Wildman–Crippen MR) is 104 cm³/mol. The lowest BCUT2D eigenvalue weighted by Gasteiger charge is -2.12. The van der Waals surface area contributed by atoms with Crippen LogP contribution < -0.4 is 16.0 Å². The van der Waals surface area contributed by atoms with Crippen molar-refractivity contribution in [1.82, 2.24) is 20.9 Å². The molecule has 0 atom stereocenters. The SMILES string of the molecule is CN=C(NCCNC(=O)c1ccccc1Cl)NCCc1csc(C)n1. The normalized spacial score (nSPS) is 11.2. The summed E-state index contributed by atoms with van der Waals surface area (Å²) in [4.78, 5) is 20.6. The van der Waals surface area contributed by atoms with Gasteiger partial charge in [-0.05, 0) is 19.1 Å². The lowest BCUT2D eigenvalue weighted by atomic mass is 10.2. The van der Waals surface area contributed by atoms with Crippen LogP contribution in [-0.2, 0) is 6.42 Å². The Balaban J connectivity index is 1.65. The number of aliphatic imine (C=N–C) groups is 1. The van der Waals surface area contributed by atoms with E-state index in [2.05, 4.69) is 31.3 Å². The number of rotatable bonds is 7. The molecule has 0 unspecified atom stereocenters. The molecule has 0 radical (unpaired) electrons. The fourth-order valence-corrected chi connectivity index (χ4v) is 3.02. The molecule has 1 amide bonds. The Labute approximate surface area is 156 Å². The monoisotopic (exact) mass is 379 g/mol. The number of aromatic nitrogens is 1. The Morgan fingerprint density at radius 3 is 2.60 bits per heavy atom. The number of hydrogen-bond donors (Lipinski definition) is 3. The first kappa shape index (κ1) is 19.2. The molecule has 134 valence electrons. The molecule has 25 heavy (non-hydrogen) atoms. The molecule has 0 spiro atoms. The maximum Gasteiger partial charge on any atom is 0.252 e. The van der Waals surface area contributed by atoms with Gasteiger partial charge in [0.2, 0.25) is 0 Å². The lowest BCUT2D eigenvalue weighted by molar-refractivity contribution is 0.0954. The van der Waals surface area contributed by atoms with E-state index in [9.17, 15) is 4.79 Å². The molecule has 1 aromatic carbocycles. The molecule has 0 aliphatic rings. The van der Waals surface area contributed by atoms with Crippen LogP contribution in [-0.4, -0.2) is 43.5 Å². The van der Waals surface area contributed by atoms with Gasteiger partial charge >= 0.3 is 0 Å². The number of carbonyl (C=O) groups excluding carboxylic acids is 1. The van der Waals surface area contributed by atoms with Crippen molar-refractivity contribution in [2.75, 3.05) is 26.7 Å². The van der Waals surface area contributed by atoms with Crippen LogP contribution >= 0.6 is 22.9 Å². The van der Waals surface area contributed by atoms with Gasteiger partial charge in [-0.25, -0.2) is 4.98 Å². The minimum Gasteiger partial charge on any atom is -0.356 e. The van der Waals surface area contributed by atoms with E-state index in [-0.39, 0.29) is 5.91 Å². The summed E-state index contributed by atoms with van der Waals surface area (Å²) in [6, 6.07) is 6.98. The number of benzene rings is 1. The Hall–Kier alpha value is -2.12. The molecule has 1 aromatic heterocycles. The number of carbonyl (C=O) groups is 1. The average molecular weight is 380 g/mol. The Morgan fingerprint density at radius 1 is 1.20 bits per heavy atom. The zero-order chi connectivity index (χ0) is 18.1. The van der Waals surface area contributed by atoms with Crippen molar-refractivity contribution in [3.05, 3.63) is 50.9 Å². The van der Waals surface area contributed by atoms with Crippen LogP contribution in [0.4, 0.5) is 0 Å². The second-order valence-electron chi connectivity index (χ2n) is 5.27. The molecule has 0 aliphatic heterocycles. The topological polar surface area (TPSA) is 78.4 Å². The highest BCUT2D eigenvalue weighted by Gasteiger charge is 2.08. The summed E-state index contributed by atoms with van der Waals surface area (Å²) < 4.78 is 0. The molecule has 0 saturated heterocycles. The minimum atomic E-state index is -0.186. The standard InChI is InChI=1S/C17H22ClN5OS/c1-12-23-13(11-25-12)7-8-21-17(19-2)22-10-9-20-16(24)14-5-3-4-6-15(14)18/h3-6,11H,7-10H2,1-2H3,(H,20,24)(H2,19,21,22). The fraction of sp³-hybridized carbons (Fsp3) is 0.353. The fourth-order valence-electron chi connectivity index (χ4n) is 2.15. The Bertz CT molecular complexity index is 731. The summed E-state index contributed by atoms with van der Waals surface area (Å²) in [6.07, 6.45) is 0.842. The molecule has 8 heteroatoms. The number of amides is 1. The Morgan fingerprint density at radius 2 is 1.92 bits per heavy atom. The second kappa shape index (κ2) is 10.0. The third-order valence-electron chi connectivity index (χ3n) is 3.39. The summed E-state index contributed by atoms with van der Waals surface area (Å²) >= 11 is 7.66. The van der Waals surface area contributed by atoms with E-state index in [0.717, 1.165) is 23.7 Å². The van der Waals surface area contributed by atoms with E-state index in [1.807, 2.05) is 6.92 Å². The molecular formula is C17H22ClN5OS. The number of nitrogens with zero attached hydrogens (tertiary/aromatic N) is 2. The maximum absolute atomic E-state index is 12.0. The number of thiazole rings is 1. The molecule has 0 fully saturated rings. The first-order chi connectivity index (χ1) is 12.1. The van der Waals surface area contributed by atoms with E-state index in [1.54, 1.807) is 42.6 Å². The summed E-state index contributed by atoms with van der Waals surface area (Å²) in [6.45, 7) is 3.77.